The average Bonchev–Trinajstić information content (AvgIpc) is 3.89. The summed E-state index contributed by atoms with van der Waals surface area (Å²) in [5.74, 6) is -3.05. The van der Waals surface area contributed by atoms with E-state index in [1.54, 1.807) is 11.3 Å². The number of fused-ring (bicyclic) bond motifs is 3. The van der Waals surface area contributed by atoms with Gasteiger partial charge in [-0.05, 0) is 77.4 Å². The van der Waals surface area contributed by atoms with Crippen molar-refractivity contribution in [2.45, 2.75) is 13.1 Å². The minimum atomic E-state index is -1.23. The van der Waals surface area contributed by atoms with Gasteiger partial charge < -0.3 is 19.7 Å². The second-order valence-corrected chi connectivity index (χ2v) is 14.1. The van der Waals surface area contributed by atoms with E-state index < -0.39 is 24.4 Å². The quantitative estimate of drug-likeness (QED) is 0.102. The first kappa shape index (κ1) is 33.2. The topological polar surface area (TPSA) is 124 Å². The van der Waals surface area contributed by atoms with E-state index in [-0.39, 0.29) is 17.7 Å². The molecule has 4 aromatic carbocycles. The molecule has 0 aliphatic carbocycles. The maximum Gasteiger partial charge on any atom is 0.335 e. The normalized spacial score (nSPS) is 11.5. The number of carboxylic acids is 2. The number of amides is 1. The van der Waals surface area contributed by atoms with Crippen LogP contribution in [0.5, 0.6) is 0 Å². The van der Waals surface area contributed by atoms with Crippen LogP contribution in [0.25, 0.3) is 48.1 Å². The summed E-state index contributed by atoms with van der Waals surface area (Å²) in [6, 6.07) is 41.3. The second-order valence-electron chi connectivity index (χ2n) is 11.9. The lowest BCUT2D eigenvalue weighted by atomic mass is 10.1. The Hall–Kier alpha value is -6.28. The van der Waals surface area contributed by atoms with Crippen LogP contribution in [-0.2, 0) is 22.7 Å². The molecule has 3 aromatic heterocycles. The van der Waals surface area contributed by atoms with Gasteiger partial charge in [-0.2, -0.15) is 5.26 Å². The van der Waals surface area contributed by atoms with Crippen molar-refractivity contribution >= 4 is 68.4 Å². The Balaban J connectivity index is 1.13. The van der Waals surface area contributed by atoms with Gasteiger partial charge in [0, 0.05) is 54.4 Å². The predicted molar refractivity (Wildman–Crippen MR) is 202 cm³/mol. The number of nitriles is 1. The summed E-state index contributed by atoms with van der Waals surface area (Å²) in [7, 11) is 0. The fraction of sp³-hybridized carbons (Fsp3) is 0.0732. The molecule has 51 heavy (non-hydrogen) atoms. The maximum atomic E-state index is 13.4. The molecule has 2 N–H and O–H groups in total. The van der Waals surface area contributed by atoms with E-state index in [1.807, 2.05) is 24.3 Å². The van der Waals surface area contributed by atoms with Crippen LogP contribution in [0.3, 0.4) is 0 Å². The van der Waals surface area contributed by atoms with Crippen molar-refractivity contribution < 1.29 is 24.6 Å². The van der Waals surface area contributed by atoms with Gasteiger partial charge >= 0.3 is 11.9 Å². The molecular formula is C41H29N3O5S2. The molecule has 3 heterocycles. The van der Waals surface area contributed by atoms with Crippen LogP contribution >= 0.6 is 22.7 Å². The molecule has 0 aliphatic rings. The van der Waals surface area contributed by atoms with Crippen molar-refractivity contribution in [3.63, 3.8) is 0 Å². The number of aromatic carboxylic acids is 1. The van der Waals surface area contributed by atoms with E-state index in [4.69, 9.17) is 5.11 Å². The number of para-hydroxylation sites is 1. The number of benzene rings is 4. The predicted octanol–water partition coefficient (Wildman–Crippen LogP) is 9.02. The van der Waals surface area contributed by atoms with Gasteiger partial charge in [-0.25, -0.2) is 4.79 Å². The molecule has 0 saturated heterocycles. The highest BCUT2D eigenvalue weighted by molar-refractivity contribution is 7.24. The highest BCUT2D eigenvalue weighted by Crippen LogP contribution is 2.40. The van der Waals surface area contributed by atoms with Crippen molar-refractivity contribution in [3.05, 3.63) is 148 Å². The Morgan fingerprint density at radius 1 is 0.725 bits per heavy atom. The van der Waals surface area contributed by atoms with E-state index in [9.17, 15) is 24.8 Å². The fourth-order valence-electron chi connectivity index (χ4n) is 6.12. The standard InChI is InChI=1S/C41H29N3O5S2/c42-22-30(40(47)43(25-39(45)46)23-27-10-12-28(13-11-27)41(48)49)20-31-15-17-37(50-31)38-19-18-36(51-38)29-14-16-35-33(21-29)32-8-4-5-9-34(32)44(35)24-26-6-2-1-3-7-26/h1-21H,23-25H2,(H,45,46)(H,48,49)/b30-20+. The summed E-state index contributed by atoms with van der Waals surface area (Å²) >= 11 is 3.10. The van der Waals surface area contributed by atoms with Gasteiger partial charge in [0.15, 0.2) is 0 Å². The smallest absolute Gasteiger partial charge is 0.335 e. The largest absolute Gasteiger partial charge is 0.480 e. The molecule has 0 aliphatic heterocycles. The first-order valence-corrected chi connectivity index (χ1v) is 17.6. The van der Waals surface area contributed by atoms with E-state index in [2.05, 4.69) is 83.4 Å². The minimum Gasteiger partial charge on any atom is -0.480 e. The third kappa shape index (κ3) is 7.07. The Morgan fingerprint density at radius 2 is 1.41 bits per heavy atom. The number of carbonyl (C=O) groups is 3. The number of carbonyl (C=O) groups excluding carboxylic acids is 1. The Bertz CT molecular complexity index is 2500. The van der Waals surface area contributed by atoms with Crippen molar-refractivity contribution in [1.82, 2.24) is 9.47 Å². The van der Waals surface area contributed by atoms with E-state index in [0.717, 1.165) is 31.6 Å². The molecule has 0 unspecified atom stereocenters. The number of hydrogen-bond acceptors (Lipinski definition) is 6. The van der Waals surface area contributed by atoms with Crippen LogP contribution in [0.4, 0.5) is 0 Å². The Morgan fingerprint density at radius 3 is 2.16 bits per heavy atom. The van der Waals surface area contributed by atoms with Crippen LogP contribution in [0, 0.1) is 11.3 Å². The molecule has 0 saturated carbocycles. The first-order valence-electron chi connectivity index (χ1n) is 16.0. The van der Waals surface area contributed by atoms with Gasteiger partial charge in [0.2, 0.25) is 0 Å². The van der Waals surface area contributed by atoms with Crippen LogP contribution in [0.1, 0.15) is 26.4 Å². The number of aromatic nitrogens is 1. The zero-order chi connectivity index (χ0) is 35.5. The molecule has 8 nitrogen and oxygen atoms in total. The number of thiophene rings is 2. The van der Waals surface area contributed by atoms with Crippen LogP contribution < -0.4 is 0 Å². The van der Waals surface area contributed by atoms with Crippen molar-refractivity contribution in [2.75, 3.05) is 6.54 Å². The molecule has 10 heteroatoms. The summed E-state index contributed by atoms with van der Waals surface area (Å²) in [5, 5.41) is 30.9. The average molecular weight is 708 g/mol. The summed E-state index contributed by atoms with van der Waals surface area (Å²) in [6.07, 6.45) is 1.48. The molecule has 0 atom stereocenters. The van der Waals surface area contributed by atoms with Crippen LogP contribution in [0.2, 0.25) is 0 Å². The summed E-state index contributed by atoms with van der Waals surface area (Å²) in [5.41, 5.74) is 5.14. The lowest BCUT2D eigenvalue weighted by molar-refractivity contribution is -0.143. The molecular weight excluding hydrogens is 679 g/mol. The van der Waals surface area contributed by atoms with Gasteiger partial charge in [-0.1, -0.05) is 66.7 Å². The van der Waals surface area contributed by atoms with Gasteiger partial charge in [0.25, 0.3) is 5.91 Å². The Kier molecular flexibility index (Phi) is 9.31. The first-order chi connectivity index (χ1) is 24.8. The zero-order valence-electron chi connectivity index (χ0n) is 27.0. The molecule has 0 bridgehead atoms. The summed E-state index contributed by atoms with van der Waals surface area (Å²) in [4.78, 5) is 41.1. The highest BCUT2D eigenvalue weighted by atomic mass is 32.1. The molecule has 1 amide bonds. The van der Waals surface area contributed by atoms with Crippen molar-refractivity contribution in [3.8, 4) is 26.3 Å². The highest BCUT2D eigenvalue weighted by Gasteiger charge is 2.22. The maximum absolute atomic E-state index is 13.4. The van der Waals surface area contributed by atoms with Crippen molar-refractivity contribution in [1.29, 1.82) is 5.26 Å². The molecule has 7 rings (SSSR count). The summed E-state index contributed by atoms with van der Waals surface area (Å²) < 4.78 is 2.37. The monoisotopic (exact) mass is 707 g/mol. The lowest BCUT2D eigenvalue weighted by Gasteiger charge is -2.20. The van der Waals surface area contributed by atoms with Crippen LogP contribution in [0.15, 0.2) is 127 Å². The van der Waals surface area contributed by atoms with Gasteiger partial charge in [-0.3, -0.25) is 9.59 Å². The van der Waals surface area contributed by atoms with E-state index in [0.29, 0.717) is 10.4 Å². The van der Waals surface area contributed by atoms with E-state index >= 15 is 0 Å². The van der Waals surface area contributed by atoms with Gasteiger partial charge in [0.1, 0.15) is 18.2 Å². The van der Waals surface area contributed by atoms with E-state index in [1.165, 1.54) is 69.0 Å². The third-order valence-corrected chi connectivity index (χ3v) is 10.9. The zero-order valence-corrected chi connectivity index (χ0v) is 28.7. The third-order valence-electron chi connectivity index (χ3n) is 8.54. The van der Waals surface area contributed by atoms with Gasteiger partial charge in [0.05, 0.1) is 5.56 Å². The number of carboxylic acid groups (broad SMARTS) is 2. The minimum absolute atomic E-state index is 0.0720. The molecule has 250 valence electrons. The number of aliphatic carboxylic acids is 1. The van der Waals surface area contributed by atoms with Gasteiger partial charge in [-0.15, -0.1) is 22.7 Å². The molecule has 0 fully saturated rings. The molecule has 7 aromatic rings. The van der Waals surface area contributed by atoms with Crippen LogP contribution in [-0.4, -0.2) is 44.1 Å². The second kappa shape index (κ2) is 14.3. The Labute approximate surface area is 301 Å². The SMILES string of the molecule is N#C/C(=C\c1ccc(-c2ccc(-c3ccc4c(c3)c3ccccc3n4Cc3ccccc3)s2)s1)C(=O)N(CC(=O)O)Cc1ccc(C(=O)O)cc1. The number of nitrogens with zero attached hydrogens (tertiary/aromatic N) is 3. The summed E-state index contributed by atoms with van der Waals surface area (Å²) in [6.45, 7) is 0.0597. The fourth-order valence-corrected chi connectivity index (χ4v) is 8.17. The number of hydrogen-bond donors (Lipinski definition) is 2. The molecule has 0 spiro atoms. The number of rotatable bonds is 11. The lowest BCUT2D eigenvalue weighted by Crippen LogP contribution is -2.35. The molecule has 0 radical (unpaired) electrons. The van der Waals surface area contributed by atoms with Crippen molar-refractivity contribution in [2.24, 2.45) is 0 Å².